The van der Waals surface area contributed by atoms with Crippen LogP contribution < -0.4 is 0 Å². The van der Waals surface area contributed by atoms with Crippen LogP contribution in [0.3, 0.4) is 0 Å². The smallest absolute Gasteiger partial charge is 0.149 e. The van der Waals surface area contributed by atoms with Gasteiger partial charge in [-0.1, -0.05) is 139 Å². The van der Waals surface area contributed by atoms with Crippen LogP contribution in [0.15, 0.2) is 140 Å². The van der Waals surface area contributed by atoms with E-state index in [0.717, 1.165) is 78.0 Å². The number of hydrogen-bond donors (Lipinski definition) is 1. The van der Waals surface area contributed by atoms with Gasteiger partial charge in [-0.3, -0.25) is 9.55 Å². The molecular formula is C54H53N3O. The minimum absolute atomic E-state index is 0.109. The number of aromatic nitrogens is 3. The van der Waals surface area contributed by atoms with Crippen LogP contribution in [0, 0.1) is 13.8 Å². The fourth-order valence-electron chi connectivity index (χ4n) is 7.92. The lowest BCUT2D eigenvalue weighted by atomic mass is 9.83. The third-order valence-electron chi connectivity index (χ3n) is 11.3. The van der Waals surface area contributed by atoms with Crippen molar-refractivity contribution in [2.24, 2.45) is 0 Å². The molecule has 0 radical (unpaired) electrons. The van der Waals surface area contributed by atoms with E-state index in [2.05, 4.69) is 157 Å². The lowest BCUT2D eigenvalue weighted by Gasteiger charge is -2.22. The van der Waals surface area contributed by atoms with Crippen molar-refractivity contribution < 1.29 is 9.22 Å². The number of rotatable bonds is 8. The van der Waals surface area contributed by atoms with E-state index in [1.807, 2.05) is 30.5 Å². The molecule has 0 bridgehead atoms. The van der Waals surface area contributed by atoms with Gasteiger partial charge in [-0.05, 0) is 130 Å². The molecule has 290 valence electrons. The second-order valence-corrected chi connectivity index (χ2v) is 17.2. The van der Waals surface area contributed by atoms with Crippen molar-refractivity contribution in [2.75, 3.05) is 0 Å². The Hall–Kier alpha value is -6.26. The van der Waals surface area contributed by atoms with Crippen molar-refractivity contribution in [3.8, 4) is 67.5 Å². The van der Waals surface area contributed by atoms with E-state index in [9.17, 15) is 5.11 Å². The Morgan fingerprint density at radius 3 is 2.09 bits per heavy atom. The molecule has 0 unspecified atom stereocenters. The molecule has 0 aliphatic heterocycles. The van der Waals surface area contributed by atoms with E-state index in [4.69, 9.17) is 14.1 Å². The summed E-state index contributed by atoms with van der Waals surface area (Å²) < 4.78 is 25.7. The standard InChI is InChI=1S/C54H53N3O/c1-33(2)40-30-47(34(3)4)52(58)48(31-40)53-56-51-46(16-13-17-50(51)57(53)44-22-23-45(36(6)26-44)38-14-11-10-12-15-38)41-27-42(29-43(28-41)54(7,8)9)49-32-39(24-25-55-49)37-20-18-35(5)19-21-37/h10-34,58H,1-9H3/i5D3. The lowest BCUT2D eigenvalue weighted by Crippen LogP contribution is -2.11. The number of nitrogens with zero attached hydrogens (tertiary/aromatic N) is 3. The van der Waals surface area contributed by atoms with E-state index in [1.54, 1.807) is 12.1 Å². The van der Waals surface area contributed by atoms with E-state index in [0.29, 0.717) is 17.0 Å². The third kappa shape index (κ3) is 7.36. The Kier molecular flexibility index (Phi) is 9.19. The molecule has 0 aliphatic rings. The van der Waals surface area contributed by atoms with Crippen LogP contribution in [-0.4, -0.2) is 19.6 Å². The normalized spacial score (nSPS) is 12.9. The zero-order valence-electron chi connectivity index (χ0n) is 37.7. The van der Waals surface area contributed by atoms with Gasteiger partial charge in [-0.15, -0.1) is 0 Å². The van der Waals surface area contributed by atoms with Gasteiger partial charge in [0.2, 0.25) is 0 Å². The molecule has 0 amide bonds. The Balaban J connectivity index is 1.35. The number of fused-ring (bicyclic) bond motifs is 1. The number of imidazole rings is 1. The molecule has 6 aromatic carbocycles. The molecule has 0 atom stereocenters. The number of para-hydroxylation sites is 1. The fourth-order valence-corrected chi connectivity index (χ4v) is 7.92. The third-order valence-corrected chi connectivity index (χ3v) is 11.3. The molecule has 1 N–H and O–H groups in total. The maximum atomic E-state index is 12.1. The number of benzene rings is 6. The first-order valence-electron chi connectivity index (χ1n) is 21.8. The minimum Gasteiger partial charge on any atom is -0.507 e. The molecule has 0 fully saturated rings. The van der Waals surface area contributed by atoms with Gasteiger partial charge < -0.3 is 5.11 Å². The number of aromatic hydroxyl groups is 1. The van der Waals surface area contributed by atoms with Crippen molar-refractivity contribution in [1.82, 2.24) is 14.5 Å². The molecule has 2 aromatic heterocycles. The molecule has 0 aliphatic carbocycles. The second-order valence-electron chi connectivity index (χ2n) is 17.2. The highest BCUT2D eigenvalue weighted by atomic mass is 16.3. The molecule has 4 heteroatoms. The van der Waals surface area contributed by atoms with Gasteiger partial charge in [0.05, 0.1) is 22.3 Å². The molecule has 8 rings (SSSR count). The summed E-state index contributed by atoms with van der Waals surface area (Å²) in [4.78, 5) is 10.4. The summed E-state index contributed by atoms with van der Waals surface area (Å²) in [6, 6.07) is 45.4. The Morgan fingerprint density at radius 2 is 1.40 bits per heavy atom. The predicted octanol–water partition coefficient (Wildman–Crippen LogP) is 14.6. The van der Waals surface area contributed by atoms with Gasteiger partial charge in [0.15, 0.2) is 0 Å². The molecular weight excluding hydrogens is 707 g/mol. The first-order chi connectivity index (χ1) is 29.0. The van der Waals surface area contributed by atoms with Gasteiger partial charge in [0.25, 0.3) is 0 Å². The van der Waals surface area contributed by atoms with E-state index < -0.39 is 6.85 Å². The first-order valence-corrected chi connectivity index (χ1v) is 20.3. The molecule has 58 heavy (non-hydrogen) atoms. The van der Waals surface area contributed by atoms with Gasteiger partial charge in [0, 0.05) is 27.1 Å². The maximum Gasteiger partial charge on any atom is 0.149 e. The Labute approximate surface area is 348 Å². The number of pyridine rings is 1. The van der Waals surface area contributed by atoms with Crippen LogP contribution in [0.1, 0.15) is 92.2 Å². The van der Waals surface area contributed by atoms with Crippen molar-refractivity contribution in [1.29, 1.82) is 0 Å². The average molecular weight is 763 g/mol. The van der Waals surface area contributed by atoms with Crippen LogP contribution in [0.2, 0.25) is 0 Å². The van der Waals surface area contributed by atoms with Crippen LogP contribution in [0.4, 0.5) is 0 Å². The van der Waals surface area contributed by atoms with Crippen molar-refractivity contribution in [2.45, 2.75) is 79.5 Å². The van der Waals surface area contributed by atoms with E-state index >= 15 is 0 Å². The molecule has 4 nitrogen and oxygen atoms in total. The SMILES string of the molecule is [2H]C([2H])([2H])c1ccc(-c2ccnc(-c3cc(-c4cccc5c4nc(-c4cc(C(C)C)cc(C(C)C)c4O)n5-c4ccc(-c5ccccc5)c(C)c4)cc(C(C)(C)C)c3)c2)cc1. The van der Waals surface area contributed by atoms with Gasteiger partial charge >= 0.3 is 0 Å². The van der Waals surface area contributed by atoms with Crippen LogP contribution in [0.25, 0.3) is 72.7 Å². The largest absolute Gasteiger partial charge is 0.507 e. The van der Waals surface area contributed by atoms with Gasteiger partial charge in [-0.25, -0.2) is 4.98 Å². The summed E-state index contributed by atoms with van der Waals surface area (Å²) in [7, 11) is 0. The van der Waals surface area contributed by atoms with Crippen molar-refractivity contribution >= 4 is 11.0 Å². The van der Waals surface area contributed by atoms with Crippen molar-refractivity contribution in [3.05, 3.63) is 167 Å². The zero-order chi connectivity index (χ0) is 43.4. The molecule has 2 heterocycles. The highest BCUT2D eigenvalue weighted by Gasteiger charge is 2.25. The topological polar surface area (TPSA) is 50.9 Å². The fraction of sp³-hybridized carbons (Fsp3) is 0.222. The number of hydrogen-bond acceptors (Lipinski definition) is 3. The number of aryl methyl sites for hydroxylation is 2. The molecule has 8 aromatic rings. The van der Waals surface area contributed by atoms with Gasteiger partial charge in [0.1, 0.15) is 11.6 Å². The van der Waals surface area contributed by atoms with Crippen LogP contribution in [0.5, 0.6) is 5.75 Å². The summed E-state index contributed by atoms with van der Waals surface area (Å²) >= 11 is 0. The van der Waals surface area contributed by atoms with E-state index in [-0.39, 0.29) is 23.0 Å². The molecule has 0 saturated carbocycles. The van der Waals surface area contributed by atoms with Crippen molar-refractivity contribution in [3.63, 3.8) is 0 Å². The van der Waals surface area contributed by atoms with Crippen LogP contribution in [-0.2, 0) is 5.41 Å². The molecule has 0 spiro atoms. The minimum atomic E-state index is -2.16. The highest BCUT2D eigenvalue weighted by Crippen LogP contribution is 2.43. The second kappa shape index (κ2) is 15.2. The Bertz CT molecular complexity index is 2900. The summed E-state index contributed by atoms with van der Waals surface area (Å²) in [5.41, 5.74) is 15.9. The van der Waals surface area contributed by atoms with Crippen LogP contribution >= 0.6 is 0 Å². The monoisotopic (exact) mass is 762 g/mol. The summed E-state index contributed by atoms with van der Waals surface area (Å²) in [5, 5.41) is 12.1. The van der Waals surface area contributed by atoms with E-state index in [1.165, 1.54) is 5.56 Å². The summed E-state index contributed by atoms with van der Waals surface area (Å²) in [6.45, 7) is 15.3. The lowest BCUT2D eigenvalue weighted by molar-refractivity contribution is 0.466. The number of phenols is 1. The highest BCUT2D eigenvalue weighted by molar-refractivity contribution is 5.97. The average Bonchev–Trinajstić information content (AvgIpc) is 3.63. The quantitative estimate of drug-likeness (QED) is 0.168. The Morgan fingerprint density at radius 1 is 0.638 bits per heavy atom. The van der Waals surface area contributed by atoms with Gasteiger partial charge in [-0.2, -0.15) is 0 Å². The molecule has 0 saturated heterocycles. The first kappa shape index (κ1) is 34.9. The number of phenolic OH excluding ortho intramolecular Hbond substituents is 1. The summed E-state index contributed by atoms with van der Waals surface area (Å²) in [6.07, 6.45) is 1.81. The zero-order valence-corrected chi connectivity index (χ0v) is 34.7. The predicted molar refractivity (Wildman–Crippen MR) is 244 cm³/mol. The summed E-state index contributed by atoms with van der Waals surface area (Å²) in [5.74, 6) is 1.29. The maximum absolute atomic E-state index is 12.1.